The molecular weight excluding hydrogens is 190 g/mol. The summed E-state index contributed by atoms with van der Waals surface area (Å²) in [7, 11) is 1.87. The van der Waals surface area contributed by atoms with Crippen molar-refractivity contribution >= 4 is 0 Å². The summed E-state index contributed by atoms with van der Waals surface area (Å²) in [6, 6.07) is 0. The van der Waals surface area contributed by atoms with Crippen LogP contribution in [0.1, 0.15) is 36.6 Å². The summed E-state index contributed by atoms with van der Waals surface area (Å²) in [6.45, 7) is 2.49. The zero-order chi connectivity index (χ0) is 11.1. The molecule has 0 aromatic carbocycles. The van der Waals surface area contributed by atoms with Crippen LogP contribution in [0.2, 0.25) is 0 Å². The van der Waals surface area contributed by atoms with Gasteiger partial charge in [0.25, 0.3) is 0 Å². The molecule has 0 amide bonds. The smallest absolute Gasteiger partial charge is 0.0891 e. The minimum Gasteiger partial charge on any atom is -0.388 e. The van der Waals surface area contributed by atoms with Gasteiger partial charge in [0.05, 0.1) is 11.8 Å². The first-order chi connectivity index (χ1) is 7.09. The van der Waals surface area contributed by atoms with E-state index in [2.05, 4.69) is 5.10 Å². The summed E-state index contributed by atoms with van der Waals surface area (Å²) in [6.07, 6.45) is 4.67. The van der Waals surface area contributed by atoms with Gasteiger partial charge in [0.1, 0.15) is 0 Å². The first kappa shape index (κ1) is 10.6. The molecule has 1 atom stereocenters. The first-order valence-corrected chi connectivity index (χ1v) is 5.47. The Hall–Kier alpha value is -0.870. The lowest BCUT2D eigenvalue weighted by Crippen LogP contribution is -2.42. The van der Waals surface area contributed by atoms with Crippen molar-refractivity contribution in [3.05, 3.63) is 17.5 Å². The van der Waals surface area contributed by atoms with E-state index in [-0.39, 0.29) is 5.41 Å². The van der Waals surface area contributed by atoms with Gasteiger partial charge < -0.3 is 10.8 Å². The highest BCUT2D eigenvalue weighted by molar-refractivity contribution is 5.22. The van der Waals surface area contributed by atoms with Crippen LogP contribution in [0.5, 0.6) is 0 Å². The van der Waals surface area contributed by atoms with E-state index >= 15 is 0 Å². The molecule has 1 aliphatic rings. The second-order valence-electron chi connectivity index (χ2n) is 4.67. The number of aromatic nitrogens is 2. The van der Waals surface area contributed by atoms with E-state index in [1.807, 2.05) is 20.2 Å². The lowest BCUT2D eigenvalue weighted by molar-refractivity contribution is -0.0300. The molecular formula is C11H19N3O. The van der Waals surface area contributed by atoms with Crippen molar-refractivity contribution in [2.45, 2.75) is 32.3 Å². The Balaban J connectivity index is 2.26. The Morgan fingerprint density at radius 3 is 2.67 bits per heavy atom. The highest BCUT2D eigenvalue weighted by atomic mass is 16.3. The molecule has 1 unspecified atom stereocenters. The molecule has 1 aliphatic carbocycles. The molecule has 0 bridgehead atoms. The van der Waals surface area contributed by atoms with Crippen LogP contribution in [-0.2, 0) is 7.05 Å². The molecule has 84 valence electrons. The van der Waals surface area contributed by atoms with E-state index in [0.717, 1.165) is 24.1 Å². The standard InChI is InChI=1S/C11H19N3O/c1-8-9(6-14(2)13-8)10(15)11(7-12)4-3-5-11/h6,10,15H,3-5,7,12H2,1-2H3. The molecule has 1 heterocycles. The second kappa shape index (κ2) is 3.61. The molecule has 3 N–H and O–H groups in total. The third-order valence-corrected chi connectivity index (χ3v) is 3.68. The molecule has 0 radical (unpaired) electrons. The van der Waals surface area contributed by atoms with Crippen LogP contribution in [0.25, 0.3) is 0 Å². The number of aliphatic hydroxyl groups is 1. The maximum Gasteiger partial charge on any atom is 0.0891 e. The zero-order valence-electron chi connectivity index (χ0n) is 9.40. The predicted octanol–water partition coefficient (Wildman–Crippen LogP) is 0.891. The Morgan fingerprint density at radius 1 is 1.67 bits per heavy atom. The van der Waals surface area contributed by atoms with Gasteiger partial charge in [0, 0.05) is 30.8 Å². The van der Waals surface area contributed by atoms with Crippen molar-refractivity contribution in [2.24, 2.45) is 18.2 Å². The number of nitrogens with zero attached hydrogens (tertiary/aromatic N) is 2. The van der Waals surface area contributed by atoms with Crippen LogP contribution in [0.15, 0.2) is 6.20 Å². The average Bonchev–Trinajstić information content (AvgIpc) is 2.44. The van der Waals surface area contributed by atoms with Gasteiger partial charge in [-0.3, -0.25) is 4.68 Å². The van der Waals surface area contributed by atoms with Crippen LogP contribution in [-0.4, -0.2) is 21.4 Å². The van der Waals surface area contributed by atoms with E-state index in [1.165, 1.54) is 6.42 Å². The summed E-state index contributed by atoms with van der Waals surface area (Å²) in [5.74, 6) is 0. The normalized spacial score (nSPS) is 21.1. The number of hydrogen-bond donors (Lipinski definition) is 2. The van der Waals surface area contributed by atoms with Crippen LogP contribution < -0.4 is 5.73 Å². The average molecular weight is 209 g/mol. The number of nitrogens with two attached hydrogens (primary N) is 1. The Labute approximate surface area is 90.1 Å². The number of rotatable bonds is 3. The van der Waals surface area contributed by atoms with Gasteiger partial charge in [0.2, 0.25) is 0 Å². The third kappa shape index (κ3) is 1.58. The third-order valence-electron chi connectivity index (χ3n) is 3.68. The lowest BCUT2D eigenvalue weighted by atomic mass is 9.63. The number of aryl methyl sites for hydroxylation is 2. The summed E-state index contributed by atoms with van der Waals surface area (Å²) >= 11 is 0. The first-order valence-electron chi connectivity index (χ1n) is 5.47. The lowest BCUT2D eigenvalue weighted by Gasteiger charge is -2.44. The van der Waals surface area contributed by atoms with Crippen LogP contribution in [0, 0.1) is 12.3 Å². The molecule has 4 heteroatoms. The van der Waals surface area contributed by atoms with Crippen molar-refractivity contribution < 1.29 is 5.11 Å². The van der Waals surface area contributed by atoms with Crippen LogP contribution in [0.3, 0.4) is 0 Å². The highest BCUT2D eigenvalue weighted by Gasteiger charge is 2.43. The van der Waals surface area contributed by atoms with Gasteiger partial charge in [-0.25, -0.2) is 0 Å². The van der Waals surface area contributed by atoms with Gasteiger partial charge >= 0.3 is 0 Å². The minimum absolute atomic E-state index is 0.0895. The van der Waals surface area contributed by atoms with E-state index in [4.69, 9.17) is 5.73 Å². The maximum absolute atomic E-state index is 10.4. The molecule has 0 aliphatic heterocycles. The van der Waals surface area contributed by atoms with E-state index in [0.29, 0.717) is 6.54 Å². The largest absolute Gasteiger partial charge is 0.388 e. The second-order valence-corrected chi connectivity index (χ2v) is 4.67. The number of aliphatic hydroxyl groups excluding tert-OH is 1. The summed E-state index contributed by atoms with van der Waals surface area (Å²) in [5, 5.41) is 14.6. The summed E-state index contributed by atoms with van der Waals surface area (Å²) in [5.41, 5.74) is 7.53. The van der Waals surface area contributed by atoms with E-state index < -0.39 is 6.10 Å². The highest BCUT2D eigenvalue weighted by Crippen LogP contribution is 2.49. The van der Waals surface area contributed by atoms with Crippen molar-refractivity contribution in [1.82, 2.24) is 9.78 Å². The molecule has 2 rings (SSSR count). The Bertz CT molecular complexity index is 349. The van der Waals surface area contributed by atoms with Crippen molar-refractivity contribution in [1.29, 1.82) is 0 Å². The van der Waals surface area contributed by atoms with Gasteiger partial charge in [-0.15, -0.1) is 0 Å². The van der Waals surface area contributed by atoms with Gasteiger partial charge in [0.15, 0.2) is 0 Å². The molecule has 0 spiro atoms. The van der Waals surface area contributed by atoms with Crippen molar-refractivity contribution in [3.8, 4) is 0 Å². The molecule has 0 saturated heterocycles. The van der Waals surface area contributed by atoms with Crippen molar-refractivity contribution in [3.63, 3.8) is 0 Å². The summed E-state index contributed by atoms with van der Waals surface area (Å²) in [4.78, 5) is 0. The minimum atomic E-state index is -0.454. The van der Waals surface area contributed by atoms with Gasteiger partial charge in [-0.05, 0) is 19.8 Å². The van der Waals surface area contributed by atoms with Crippen molar-refractivity contribution in [2.75, 3.05) is 6.54 Å². The van der Waals surface area contributed by atoms with Gasteiger partial charge in [-0.2, -0.15) is 5.10 Å². The topological polar surface area (TPSA) is 64.1 Å². The Kier molecular flexibility index (Phi) is 2.56. The monoisotopic (exact) mass is 209 g/mol. The number of hydrogen-bond acceptors (Lipinski definition) is 3. The van der Waals surface area contributed by atoms with E-state index in [1.54, 1.807) is 4.68 Å². The molecule has 1 aromatic rings. The maximum atomic E-state index is 10.4. The molecule has 1 fully saturated rings. The SMILES string of the molecule is Cc1nn(C)cc1C(O)C1(CN)CCC1. The zero-order valence-corrected chi connectivity index (χ0v) is 9.40. The predicted molar refractivity (Wildman–Crippen MR) is 58.2 cm³/mol. The fourth-order valence-electron chi connectivity index (χ4n) is 2.44. The van der Waals surface area contributed by atoms with Crippen LogP contribution in [0.4, 0.5) is 0 Å². The quantitative estimate of drug-likeness (QED) is 0.777. The molecule has 4 nitrogen and oxygen atoms in total. The fourth-order valence-corrected chi connectivity index (χ4v) is 2.44. The molecule has 1 saturated carbocycles. The van der Waals surface area contributed by atoms with E-state index in [9.17, 15) is 5.11 Å². The summed E-state index contributed by atoms with van der Waals surface area (Å²) < 4.78 is 1.75. The fraction of sp³-hybridized carbons (Fsp3) is 0.727. The Morgan fingerprint density at radius 2 is 2.33 bits per heavy atom. The molecule has 1 aromatic heterocycles. The molecule has 15 heavy (non-hydrogen) atoms. The van der Waals surface area contributed by atoms with Crippen LogP contribution >= 0.6 is 0 Å². The van der Waals surface area contributed by atoms with Gasteiger partial charge in [-0.1, -0.05) is 6.42 Å².